The van der Waals surface area contributed by atoms with Gasteiger partial charge in [0.25, 0.3) is 0 Å². The highest BCUT2D eigenvalue weighted by molar-refractivity contribution is 5.97. The number of halogens is 6. The molecule has 0 unspecified atom stereocenters. The second-order valence-electron chi connectivity index (χ2n) is 8.56. The molecule has 5 N–H and O–H groups in total. The maximum Gasteiger partial charge on any atom is 0.471 e. The average Bonchev–Trinajstić information content (AvgIpc) is 2.92. The molecule has 3 rings (SSSR count). The quantitative estimate of drug-likeness (QED) is 0.130. The van der Waals surface area contributed by atoms with Crippen molar-refractivity contribution in [3.05, 3.63) is 60.2 Å². The number of Topliss-reactive ketones (excluding diaryl/α,β-unsaturated/α-hetero) is 1. The van der Waals surface area contributed by atoms with Crippen molar-refractivity contribution in [1.82, 2.24) is 10.6 Å². The Morgan fingerprint density at radius 1 is 0.841 bits per heavy atom. The van der Waals surface area contributed by atoms with Gasteiger partial charge >= 0.3 is 42.1 Å². The van der Waals surface area contributed by atoms with Gasteiger partial charge in [0, 0.05) is 18.4 Å². The van der Waals surface area contributed by atoms with Crippen LogP contribution in [0.5, 0.6) is 11.5 Å². The summed E-state index contributed by atoms with van der Waals surface area (Å²) in [5.74, 6) is -8.51. The number of esters is 2. The number of hydrogen-bond donors (Lipinski definition) is 5. The molecule has 0 radical (unpaired) electrons. The molecular weight excluding hydrogens is 614 g/mol. The minimum Gasteiger partial charge on any atom is -0.508 e. The highest BCUT2D eigenvalue weighted by atomic mass is 19.4. The standard InChI is InChI=1S/C13H12F3NO5.C7H6F3NO4.C6H6O/c14-13(15,16)12(22)17-9(11(20)21)5-6-10(19)7-1-3-8(18)4-2-7;8-7(9,10)6(14)11-3-1-2-4(12)15-5(3)13;7-6-4-2-1-3-5-6/h1-4,9,18H,5-6H2,(H,17,22)(H,20,21);3H,1-2H2,(H,11,14);1-5,7H/t9-;3-;/m00./s1. The van der Waals surface area contributed by atoms with Crippen molar-refractivity contribution in [2.24, 2.45) is 0 Å². The zero-order chi connectivity index (χ0) is 33.7. The van der Waals surface area contributed by atoms with E-state index in [1.54, 1.807) is 24.3 Å². The van der Waals surface area contributed by atoms with Crippen LogP contribution in [0.25, 0.3) is 0 Å². The van der Waals surface area contributed by atoms with Gasteiger partial charge < -0.3 is 30.7 Å². The number of nitrogens with one attached hydrogen (secondary N) is 2. The highest BCUT2D eigenvalue weighted by Gasteiger charge is 2.42. The van der Waals surface area contributed by atoms with Crippen LogP contribution in [0.3, 0.4) is 0 Å². The smallest absolute Gasteiger partial charge is 0.471 e. The fourth-order valence-corrected chi connectivity index (χ4v) is 2.98. The highest BCUT2D eigenvalue weighted by Crippen LogP contribution is 2.18. The summed E-state index contributed by atoms with van der Waals surface area (Å²) in [4.78, 5) is 65.1. The molecule has 0 aromatic heterocycles. The third-order valence-electron chi connectivity index (χ3n) is 5.17. The summed E-state index contributed by atoms with van der Waals surface area (Å²) in [6.07, 6.45) is -11.5. The van der Waals surface area contributed by atoms with Gasteiger partial charge in [0.15, 0.2) is 5.78 Å². The first-order chi connectivity index (χ1) is 20.3. The summed E-state index contributed by atoms with van der Waals surface area (Å²) < 4.78 is 75.6. The van der Waals surface area contributed by atoms with E-state index in [2.05, 4.69) is 4.74 Å². The number of alkyl halides is 6. The van der Waals surface area contributed by atoms with Crippen LogP contribution in [-0.2, 0) is 28.7 Å². The molecule has 2 aromatic rings. The number of carbonyl (C=O) groups excluding carboxylic acids is 5. The molecule has 2 atom stereocenters. The lowest BCUT2D eigenvalue weighted by atomic mass is 10.0. The van der Waals surface area contributed by atoms with Gasteiger partial charge in [0.2, 0.25) is 0 Å². The maximum absolute atomic E-state index is 12.1. The molecule has 18 heteroatoms. The van der Waals surface area contributed by atoms with Crippen molar-refractivity contribution in [1.29, 1.82) is 0 Å². The summed E-state index contributed by atoms with van der Waals surface area (Å²) in [6.45, 7) is 0. The van der Waals surface area contributed by atoms with E-state index in [1.807, 2.05) is 6.07 Å². The molecule has 2 amide bonds. The number of rotatable bonds is 7. The number of hydrogen-bond acceptors (Lipinski definition) is 9. The van der Waals surface area contributed by atoms with E-state index in [-0.39, 0.29) is 30.6 Å². The van der Waals surface area contributed by atoms with Crippen LogP contribution in [0.1, 0.15) is 36.0 Å². The third-order valence-corrected chi connectivity index (χ3v) is 5.17. The summed E-state index contributed by atoms with van der Waals surface area (Å²) in [5.41, 5.74) is 0.170. The number of carboxylic acids is 1. The number of carboxylic acid groups (broad SMARTS) is 1. The Labute approximate surface area is 243 Å². The molecule has 240 valence electrons. The number of carbonyl (C=O) groups is 6. The Kier molecular flexibility index (Phi) is 13.8. The van der Waals surface area contributed by atoms with Crippen LogP contribution >= 0.6 is 0 Å². The van der Waals surface area contributed by atoms with Crippen molar-refractivity contribution < 1.29 is 75.2 Å². The Morgan fingerprint density at radius 2 is 1.36 bits per heavy atom. The normalized spacial score (nSPS) is 15.2. The van der Waals surface area contributed by atoms with Gasteiger partial charge in [0.05, 0.1) is 0 Å². The summed E-state index contributed by atoms with van der Waals surface area (Å²) in [5, 5.41) is 29.2. The first-order valence-corrected chi connectivity index (χ1v) is 12.1. The summed E-state index contributed by atoms with van der Waals surface area (Å²) in [7, 11) is 0. The minimum atomic E-state index is -5.20. The van der Waals surface area contributed by atoms with Crippen molar-refractivity contribution in [2.45, 2.75) is 50.1 Å². The van der Waals surface area contributed by atoms with E-state index in [4.69, 9.17) is 15.3 Å². The van der Waals surface area contributed by atoms with E-state index in [1.165, 1.54) is 34.9 Å². The topological polar surface area (TPSA) is 196 Å². The fraction of sp³-hybridized carbons (Fsp3) is 0.308. The van der Waals surface area contributed by atoms with Gasteiger partial charge in [-0.25, -0.2) is 9.59 Å². The lowest BCUT2D eigenvalue weighted by Crippen LogP contribution is -2.49. The molecule has 1 fully saturated rings. The molecule has 0 aliphatic carbocycles. The van der Waals surface area contributed by atoms with Crippen LogP contribution in [-0.4, -0.2) is 75.3 Å². The van der Waals surface area contributed by atoms with Gasteiger partial charge in [-0.3, -0.25) is 19.2 Å². The van der Waals surface area contributed by atoms with Gasteiger partial charge in [-0.1, -0.05) is 18.2 Å². The molecule has 1 heterocycles. The Balaban J connectivity index is 0.000000375. The van der Waals surface area contributed by atoms with E-state index in [0.717, 1.165) is 0 Å². The number of phenolic OH excluding ortho intramolecular Hbond substituents is 2. The molecule has 1 saturated heterocycles. The molecule has 44 heavy (non-hydrogen) atoms. The first-order valence-electron chi connectivity index (χ1n) is 12.1. The number of phenols is 2. The molecule has 0 bridgehead atoms. The van der Waals surface area contributed by atoms with E-state index >= 15 is 0 Å². The molecule has 0 spiro atoms. The van der Waals surface area contributed by atoms with E-state index in [0.29, 0.717) is 5.75 Å². The van der Waals surface area contributed by atoms with Crippen molar-refractivity contribution in [3.8, 4) is 11.5 Å². The van der Waals surface area contributed by atoms with Gasteiger partial charge in [-0.2, -0.15) is 26.3 Å². The Hall–Kier alpha value is -5.16. The number of cyclic esters (lactones) is 2. The zero-order valence-corrected chi connectivity index (χ0v) is 22.1. The van der Waals surface area contributed by atoms with Crippen LogP contribution < -0.4 is 10.6 Å². The van der Waals surface area contributed by atoms with Gasteiger partial charge in [0.1, 0.15) is 23.6 Å². The molecule has 1 aliphatic heterocycles. The number of aromatic hydroxyl groups is 2. The second kappa shape index (κ2) is 16.5. The largest absolute Gasteiger partial charge is 0.508 e. The van der Waals surface area contributed by atoms with E-state index < -0.39 is 66.4 Å². The number of aliphatic carboxylic acids is 1. The number of ether oxygens (including phenoxy) is 1. The minimum absolute atomic E-state index is 0.0718. The lowest BCUT2D eigenvalue weighted by Gasteiger charge is -2.20. The van der Waals surface area contributed by atoms with Crippen LogP contribution in [0.4, 0.5) is 26.3 Å². The molecular formula is C26H24F6N2O10. The molecule has 12 nitrogen and oxygen atoms in total. The number of amides is 2. The van der Waals surface area contributed by atoms with Crippen molar-refractivity contribution in [2.75, 3.05) is 0 Å². The predicted molar refractivity (Wildman–Crippen MR) is 134 cm³/mol. The van der Waals surface area contributed by atoms with E-state index in [9.17, 15) is 55.1 Å². The summed E-state index contributed by atoms with van der Waals surface area (Å²) >= 11 is 0. The number of benzene rings is 2. The predicted octanol–water partition coefficient (Wildman–Crippen LogP) is 2.78. The zero-order valence-electron chi connectivity index (χ0n) is 22.1. The molecule has 1 aliphatic rings. The van der Waals surface area contributed by atoms with Crippen LogP contribution in [0.2, 0.25) is 0 Å². The first kappa shape index (κ1) is 36.9. The SMILES string of the molecule is O=C(CC[C@H](NC(=O)C(F)(F)F)C(=O)O)c1ccc(O)cc1.O=C1CC[C@H](NC(=O)C(F)(F)F)C(=O)O1.Oc1ccccc1. The van der Waals surface area contributed by atoms with Crippen molar-refractivity contribution >= 4 is 35.5 Å². The van der Waals surface area contributed by atoms with Crippen LogP contribution in [0, 0.1) is 0 Å². The average molecular weight is 638 g/mol. The van der Waals surface area contributed by atoms with Crippen molar-refractivity contribution in [3.63, 3.8) is 0 Å². The molecule has 0 saturated carbocycles. The summed E-state index contributed by atoms with van der Waals surface area (Å²) in [6, 6.07) is 10.6. The fourth-order valence-electron chi connectivity index (χ4n) is 2.98. The lowest BCUT2D eigenvalue weighted by molar-refractivity contribution is -0.178. The number of ketones is 1. The van der Waals surface area contributed by atoms with Gasteiger partial charge in [-0.15, -0.1) is 0 Å². The second-order valence-corrected chi connectivity index (χ2v) is 8.56. The Morgan fingerprint density at radius 3 is 1.80 bits per heavy atom. The maximum atomic E-state index is 12.1. The Bertz CT molecular complexity index is 1320. The number of para-hydroxylation sites is 1. The monoisotopic (exact) mass is 638 g/mol. The molecule has 2 aromatic carbocycles. The van der Waals surface area contributed by atoms with Gasteiger partial charge in [-0.05, 0) is 49.2 Å². The van der Waals surface area contributed by atoms with Crippen LogP contribution in [0.15, 0.2) is 54.6 Å². The third kappa shape index (κ3) is 13.7.